The van der Waals surface area contributed by atoms with Gasteiger partial charge in [0.1, 0.15) is 17.2 Å². The van der Waals surface area contributed by atoms with E-state index in [1.54, 1.807) is 0 Å². The number of alkyl halides is 3. The highest BCUT2D eigenvalue weighted by molar-refractivity contribution is 5.31. The molecule has 0 N–H and O–H groups in total. The summed E-state index contributed by atoms with van der Waals surface area (Å²) >= 11 is 0. The third-order valence-corrected chi connectivity index (χ3v) is 8.35. The maximum atomic E-state index is 14.0. The number of halogens is 5. The van der Waals surface area contributed by atoms with E-state index in [-0.39, 0.29) is 5.92 Å². The standard InChI is InChI=1S/C30H43F5/c1-2-3-4-5-6-7-8-9-22-10-12-23(13-11-22)14-15-24-16-18-25(19-17-24)26-20-27(31)29(28(32)21-26)30(33,34)35/h14-15,20-25H,2-13,16-19H2,1H3/b15-14+/t22-,23-,24-,25-. The normalized spacial score (nSPS) is 25.9. The second-order valence-electron chi connectivity index (χ2n) is 11.0. The third kappa shape index (κ3) is 8.89. The summed E-state index contributed by atoms with van der Waals surface area (Å²) in [7, 11) is 0. The summed E-state index contributed by atoms with van der Waals surface area (Å²) < 4.78 is 66.4. The van der Waals surface area contributed by atoms with Crippen molar-refractivity contribution in [3.8, 4) is 0 Å². The molecule has 0 radical (unpaired) electrons. The van der Waals surface area contributed by atoms with Gasteiger partial charge in [-0.25, -0.2) is 8.78 Å². The number of hydrogen-bond acceptors (Lipinski definition) is 0. The van der Waals surface area contributed by atoms with Gasteiger partial charge in [-0.15, -0.1) is 0 Å². The smallest absolute Gasteiger partial charge is 0.206 e. The Balaban J connectivity index is 1.35. The maximum absolute atomic E-state index is 14.0. The van der Waals surface area contributed by atoms with Gasteiger partial charge in [-0.3, -0.25) is 0 Å². The second-order valence-corrected chi connectivity index (χ2v) is 11.0. The van der Waals surface area contributed by atoms with Crippen molar-refractivity contribution in [2.45, 2.75) is 122 Å². The van der Waals surface area contributed by atoms with Gasteiger partial charge >= 0.3 is 6.18 Å². The number of benzene rings is 1. The van der Waals surface area contributed by atoms with E-state index in [1.165, 1.54) is 77.0 Å². The van der Waals surface area contributed by atoms with Crippen molar-refractivity contribution in [2.24, 2.45) is 17.8 Å². The van der Waals surface area contributed by atoms with Crippen LogP contribution in [-0.4, -0.2) is 0 Å². The van der Waals surface area contributed by atoms with E-state index in [2.05, 4.69) is 19.1 Å². The fourth-order valence-electron chi connectivity index (χ4n) is 6.12. The maximum Gasteiger partial charge on any atom is 0.422 e. The molecule has 0 aromatic heterocycles. The topological polar surface area (TPSA) is 0 Å². The molecule has 5 heteroatoms. The van der Waals surface area contributed by atoms with Crippen LogP contribution in [0, 0.1) is 29.4 Å². The van der Waals surface area contributed by atoms with E-state index < -0.39 is 23.4 Å². The van der Waals surface area contributed by atoms with Crippen LogP contribution in [0.3, 0.4) is 0 Å². The lowest BCUT2D eigenvalue weighted by Gasteiger charge is -2.29. The first kappa shape index (κ1) is 28.2. The molecule has 0 heterocycles. The van der Waals surface area contributed by atoms with Crippen LogP contribution in [0.5, 0.6) is 0 Å². The largest absolute Gasteiger partial charge is 0.422 e. The minimum atomic E-state index is -5.01. The molecule has 0 aliphatic heterocycles. The molecule has 198 valence electrons. The number of hydrogen-bond donors (Lipinski definition) is 0. The predicted octanol–water partition coefficient (Wildman–Crippen LogP) is 10.8. The first-order valence-corrected chi connectivity index (χ1v) is 14.0. The monoisotopic (exact) mass is 498 g/mol. The zero-order chi connectivity index (χ0) is 25.3. The number of rotatable bonds is 11. The molecule has 3 rings (SSSR count). The zero-order valence-corrected chi connectivity index (χ0v) is 21.3. The van der Waals surface area contributed by atoms with E-state index in [0.29, 0.717) is 17.4 Å². The Bertz CT molecular complexity index is 757. The van der Waals surface area contributed by atoms with Crippen LogP contribution in [-0.2, 0) is 6.18 Å². The highest BCUT2D eigenvalue weighted by atomic mass is 19.4. The molecule has 0 nitrogen and oxygen atoms in total. The van der Waals surface area contributed by atoms with E-state index in [9.17, 15) is 22.0 Å². The Kier molecular flexibility index (Phi) is 11.1. The number of unbranched alkanes of at least 4 members (excludes halogenated alkanes) is 6. The van der Waals surface area contributed by atoms with Gasteiger partial charge in [-0.1, -0.05) is 70.4 Å². The summed E-state index contributed by atoms with van der Waals surface area (Å²) in [4.78, 5) is 0. The average molecular weight is 499 g/mol. The SMILES string of the molecule is CCCCCCCCC[C@H]1CC[C@H](/C=C/[C@H]2CC[C@H](c3cc(F)c(C(F)(F)F)c(F)c3)CC2)CC1. The summed E-state index contributed by atoms with van der Waals surface area (Å²) in [5.41, 5.74) is -1.43. The summed E-state index contributed by atoms with van der Waals surface area (Å²) in [5, 5.41) is 0. The molecule has 2 saturated carbocycles. The second kappa shape index (κ2) is 13.8. The molecule has 0 saturated heterocycles. The molecule has 0 amide bonds. The van der Waals surface area contributed by atoms with Gasteiger partial charge in [-0.2, -0.15) is 13.2 Å². The molecule has 1 aromatic carbocycles. The van der Waals surface area contributed by atoms with Crippen LogP contribution in [0.15, 0.2) is 24.3 Å². The molecule has 0 atom stereocenters. The molecule has 0 bridgehead atoms. The predicted molar refractivity (Wildman–Crippen MR) is 133 cm³/mol. The van der Waals surface area contributed by atoms with Crippen molar-refractivity contribution >= 4 is 0 Å². The van der Waals surface area contributed by atoms with Gasteiger partial charge < -0.3 is 0 Å². The minimum Gasteiger partial charge on any atom is -0.206 e. The van der Waals surface area contributed by atoms with Gasteiger partial charge in [-0.05, 0) is 92.7 Å². The molecule has 2 fully saturated rings. The molecular weight excluding hydrogens is 455 g/mol. The Morgan fingerprint density at radius 1 is 0.714 bits per heavy atom. The lowest BCUT2D eigenvalue weighted by molar-refractivity contribution is -0.142. The van der Waals surface area contributed by atoms with Crippen molar-refractivity contribution in [3.63, 3.8) is 0 Å². The third-order valence-electron chi connectivity index (χ3n) is 8.35. The molecule has 0 spiro atoms. The molecule has 2 aliphatic carbocycles. The van der Waals surface area contributed by atoms with Crippen molar-refractivity contribution < 1.29 is 22.0 Å². The minimum absolute atomic E-state index is 0.0759. The van der Waals surface area contributed by atoms with Crippen LogP contribution >= 0.6 is 0 Å². The van der Waals surface area contributed by atoms with Gasteiger partial charge in [0, 0.05) is 0 Å². The summed E-state index contributed by atoms with van der Waals surface area (Å²) in [6, 6.07) is 1.77. The summed E-state index contributed by atoms with van der Waals surface area (Å²) in [6.07, 6.45) is 19.3. The Morgan fingerprint density at radius 2 is 1.20 bits per heavy atom. The molecule has 0 unspecified atom stereocenters. The average Bonchev–Trinajstić information content (AvgIpc) is 2.82. The quantitative estimate of drug-likeness (QED) is 0.162. The first-order chi connectivity index (χ1) is 16.8. The van der Waals surface area contributed by atoms with E-state index in [1.807, 2.05) is 0 Å². The van der Waals surface area contributed by atoms with Crippen LogP contribution in [0.4, 0.5) is 22.0 Å². The highest BCUT2D eigenvalue weighted by Gasteiger charge is 2.38. The zero-order valence-electron chi connectivity index (χ0n) is 21.3. The Labute approximate surface area is 208 Å². The summed E-state index contributed by atoms with van der Waals surface area (Å²) in [6.45, 7) is 2.26. The fourth-order valence-corrected chi connectivity index (χ4v) is 6.12. The van der Waals surface area contributed by atoms with Gasteiger partial charge in [0.05, 0.1) is 0 Å². The lowest BCUT2D eigenvalue weighted by Crippen LogP contribution is -2.16. The van der Waals surface area contributed by atoms with Crippen LogP contribution in [0.1, 0.15) is 127 Å². The Morgan fingerprint density at radius 3 is 1.71 bits per heavy atom. The molecule has 2 aliphatic rings. The van der Waals surface area contributed by atoms with E-state index in [0.717, 1.165) is 43.7 Å². The van der Waals surface area contributed by atoms with Crippen LogP contribution in [0.2, 0.25) is 0 Å². The lowest BCUT2D eigenvalue weighted by atomic mass is 9.76. The van der Waals surface area contributed by atoms with Gasteiger partial charge in [0.25, 0.3) is 0 Å². The molecule has 35 heavy (non-hydrogen) atoms. The first-order valence-electron chi connectivity index (χ1n) is 14.0. The summed E-state index contributed by atoms with van der Waals surface area (Å²) in [5.74, 6) is -1.06. The van der Waals surface area contributed by atoms with Crippen molar-refractivity contribution in [1.29, 1.82) is 0 Å². The van der Waals surface area contributed by atoms with E-state index in [4.69, 9.17) is 0 Å². The molecular formula is C30H43F5. The van der Waals surface area contributed by atoms with Crippen LogP contribution in [0.25, 0.3) is 0 Å². The van der Waals surface area contributed by atoms with Crippen molar-refractivity contribution in [3.05, 3.63) is 47.0 Å². The molecule has 1 aromatic rings. The van der Waals surface area contributed by atoms with Crippen molar-refractivity contribution in [1.82, 2.24) is 0 Å². The highest BCUT2D eigenvalue weighted by Crippen LogP contribution is 2.40. The van der Waals surface area contributed by atoms with E-state index >= 15 is 0 Å². The van der Waals surface area contributed by atoms with Gasteiger partial charge in [0.2, 0.25) is 0 Å². The van der Waals surface area contributed by atoms with Gasteiger partial charge in [0.15, 0.2) is 0 Å². The fraction of sp³-hybridized carbons (Fsp3) is 0.733. The van der Waals surface area contributed by atoms with Crippen LogP contribution < -0.4 is 0 Å². The number of allylic oxidation sites excluding steroid dienone is 2. The van der Waals surface area contributed by atoms with Crippen molar-refractivity contribution in [2.75, 3.05) is 0 Å². The Hall–Kier alpha value is -1.39.